The second-order valence-electron chi connectivity index (χ2n) is 6.79. The molecule has 3 fully saturated rings. The van der Waals surface area contributed by atoms with E-state index < -0.39 is 22.2 Å². The average Bonchev–Trinajstić information content (AvgIpc) is 3.02. The Balaban J connectivity index is 1.90. The largest absolute Gasteiger partial charge is 0.480 e. The molecule has 0 radical (unpaired) electrons. The molecule has 0 bridgehead atoms. The predicted molar refractivity (Wildman–Crippen MR) is 77.9 cm³/mol. The van der Waals surface area contributed by atoms with Crippen molar-refractivity contribution < 1.29 is 18.3 Å². The lowest BCUT2D eigenvalue weighted by atomic mass is 9.85. The number of nitrogens with zero attached hydrogens (tertiary/aromatic N) is 2. The number of aliphatic carboxylic acids is 1. The minimum atomic E-state index is -3.65. The number of carboxylic acid groups (broad SMARTS) is 1. The van der Waals surface area contributed by atoms with E-state index in [1.165, 1.54) is 8.61 Å². The zero-order valence-corrected chi connectivity index (χ0v) is 13.3. The van der Waals surface area contributed by atoms with Gasteiger partial charge in [0.05, 0.1) is 0 Å². The molecular formula is C14H24N2O4S. The molecular weight excluding hydrogens is 292 g/mol. The Bertz CT molecular complexity index is 521. The van der Waals surface area contributed by atoms with Crippen LogP contribution in [0, 0.1) is 11.8 Å². The van der Waals surface area contributed by atoms with Crippen molar-refractivity contribution in [3.8, 4) is 0 Å². The van der Waals surface area contributed by atoms with Crippen LogP contribution in [0.3, 0.4) is 0 Å². The maximum Gasteiger partial charge on any atom is 0.322 e. The van der Waals surface area contributed by atoms with Crippen LogP contribution in [-0.4, -0.2) is 53.3 Å². The van der Waals surface area contributed by atoms with Gasteiger partial charge in [-0.05, 0) is 37.5 Å². The molecule has 4 atom stereocenters. The summed E-state index contributed by atoms with van der Waals surface area (Å²) in [5.74, 6) is -0.428. The standard InChI is InChI=1S/C14H24N2O4S/c1-10-6-7-15(9-10)21(19,20)16-12-5-3-2-4-11(12)8-13(16)14(17)18/h10-13H,2-9H2,1H3,(H,17,18). The topological polar surface area (TPSA) is 77.9 Å². The van der Waals surface area contributed by atoms with Crippen LogP contribution in [0.5, 0.6) is 0 Å². The molecule has 0 aromatic heterocycles. The van der Waals surface area contributed by atoms with E-state index in [2.05, 4.69) is 0 Å². The first-order valence-corrected chi connectivity index (χ1v) is 9.32. The quantitative estimate of drug-likeness (QED) is 0.851. The van der Waals surface area contributed by atoms with Crippen LogP contribution in [0.4, 0.5) is 0 Å². The normalized spacial score (nSPS) is 38.5. The lowest BCUT2D eigenvalue weighted by Gasteiger charge is -2.34. The van der Waals surface area contributed by atoms with Crippen LogP contribution in [0.15, 0.2) is 0 Å². The first-order chi connectivity index (χ1) is 9.91. The van der Waals surface area contributed by atoms with E-state index in [1.54, 1.807) is 0 Å². The van der Waals surface area contributed by atoms with Gasteiger partial charge in [0.1, 0.15) is 6.04 Å². The maximum atomic E-state index is 12.9. The van der Waals surface area contributed by atoms with Gasteiger partial charge >= 0.3 is 5.97 Å². The van der Waals surface area contributed by atoms with E-state index in [4.69, 9.17) is 0 Å². The minimum absolute atomic E-state index is 0.110. The van der Waals surface area contributed by atoms with Crippen molar-refractivity contribution in [3.05, 3.63) is 0 Å². The van der Waals surface area contributed by atoms with E-state index in [9.17, 15) is 18.3 Å². The Morgan fingerprint density at radius 2 is 1.90 bits per heavy atom. The van der Waals surface area contributed by atoms with Gasteiger partial charge in [0.15, 0.2) is 0 Å². The number of hydrogen-bond acceptors (Lipinski definition) is 3. The van der Waals surface area contributed by atoms with Crippen molar-refractivity contribution in [2.45, 2.75) is 57.5 Å². The maximum absolute atomic E-state index is 12.9. The van der Waals surface area contributed by atoms with Gasteiger partial charge in [0, 0.05) is 19.1 Å². The molecule has 1 saturated carbocycles. The molecule has 2 heterocycles. The number of carbonyl (C=O) groups is 1. The summed E-state index contributed by atoms with van der Waals surface area (Å²) in [6.07, 6.45) is 5.17. The molecule has 1 N–H and O–H groups in total. The first-order valence-electron chi connectivity index (χ1n) is 7.92. The number of rotatable bonds is 3. The fourth-order valence-electron chi connectivity index (χ4n) is 4.20. The molecule has 3 rings (SSSR count). The van der Waals surface area contributed by atoms with Crippen molar-refractivity contribution in [2.24, 2.45) is 11.8 Å². The summed E-state index contributed by atoms with van der Waals surface area (Å²) in [5, 5.41) is 9.46. The van der Waals surface area contributed by atoms with Crippen molar-refractivity contribution in [1.82, 2.24) is 8.61 Å². The molecule has 0 aromatic rings. The van der Waals surface area contributed by atoms with E-state index in [0.29, 0.717) is 25.4 Å². The summed E-state index contributed by atoms with van der Waals surface area (Å²) in [6.45, 7) is 3.07. The van der Waals surface area contributed by atoms with Crippen LogP contribution in [0.25, 0.3) is 0 Å². The lowest BCUT2D eigenvalue weighted by Crippen LogP contribution is -2.51. The van der Waals surface area contributed by atoms with Crippen LogP contribution in [0.1, 0.15) is 45.4 Å². The highest BCUT2D eigenvalue weighted by Crippen LogP contribution is 2.42. The summed E-state index contributed by atoms with van der Waals surface area (Å²) in [6, 6.07) is -0.986. The third-order valence-corrected chi connectivity index (χ3v) is 7.34. The highest BCUT2D eigenvalue weighted by atomic mass is 32.2. The van der Waals surface area contributed by atoms with Gasteiger partial charge in [-0.3, -0.25) is 4.79 Å². The molecule has 4 unspecified atom stereocenters. The van der Waals surface area contributed by atoms with Gasteiger partial charge in [-0.2, -0.15) is 17.0 Å². The number of hydrogen-bond donors (Lipinski definition) is 1. The second kappa shape index (κ2) is 5.52. The fraction of sp³-hybridized carbons (Fsp3) is 0.929. The van der Waals surface area contributed by atoms with Gasteiger partial charge < -0.3 is 5.11 Å². The van der Waals surface area contributed by atoms with Crippen LogP contribution in [0.2, 0.25) is 0 Å². The Morgan fingerprint density at radius 1 is 1.19 bits per heavy atom. The molecule has 21 heavy (non-hydrogen) atoms. The van der Waals surface area contributed by atoms with E-state index in [-0.39, 0.29) is 12.0 Å². The zero-order valence-electron chi connectivity index (χ0n) is 12.4. The van der Waals surface area contributed by atoms with Crippen molar-refractivity contribution in [1.29, 1.82) is 0 Å². The predicted octanol–water partition coefficient (Wildman–Crippen LogP) is 1.29. The van der Waals surface area contributed by atoms with Crippen molar-refractivity contribution in [3.63, 3.8) is 0 Å². The molecule has 2 saturated heterocycles. The summed E-state index contributed by atoms with van der Waals surface area (Å²) < 4.78 is 28.7. The third-order valence-electron chi connectivity index (χ3n) is 5.29. The Kier molecular flexibility index (Phi) is 4.00. The van der Waals surface area contributed by atoms with Crippen LogP contribution < -0.4 is 0 Å². The summed E-state index contributed by atoms with van der Waals surface area (Å²) in [4.78, 5) is 11.6. The van der Waals surface area contributed by atoms with Crippen molar-refractivity contribution in [2.75, 3.05) is 13.1 Å². The lowest BCUT2D eigenvalue weighted by molar-refractivity contribution is -0.141. The monoisotopic (exact) mass is 316 g/mol. The molecule has 3 aliphatic rings. The fourth-order valence-corrected chi connectivity index (χ4v) is 6.36. The third kappa shape index (κ3) is 2.59. The Morgan fingerprint density at radius 3 is 2.52 bits per heavy atom. The zero-order chi connectivity index (χ0) is 15.2. The summed E-state index contributed by atoms with van der Waals surface area (Å²) in [5.41, 5.74) is 0. The van der Waals surface area contributed by atoms with E-state index in [0.717, 1.165) is 32.1 Å². The highest BCUT2D eigenvalue weighted by molar-refractivity contribution is 7.86. The molecule has 0 aromatic carbocycles. The minimum Gasteiger partial charge on any atom is -0.480 e. The van der Waals surface area contributed by atoms with Crippen LogP contribution in [-0.2, 0) is 15.0 Å². The molecule has 6 nitrogen and oxygen atoms in total. The number of carboxylic acids is 1. The van der Waals surface area contributed by atoms with Gasteiger partial charge in [-0.1, -0.05) is 19.8 Å². The molecule has 7 heteroatoms. The average molecular weight is 316 g/mol. The first kappa shape index (κ1) is 15.2. The van der Waals surface area contributed by atoms with E-state index >= 15 is 0 Å². The van der Waals surface area contributed by atoms with Crippen LogP contribution >= 0.6 is 0 Å². The molecule has 2 aliphatic heterocycles. The molecule has 0 spiro atoms. The van der Waals surface area contributed by atoms with E-state index in [1.807, 2.05) is 6.92 Å². The van der Waals surface area contributed by atoms with Gasteiger partial charge in [0.2, 0.25) is 0 Å². The smallest absolute Gasteiger partial charge is 0.322 e. The van der Waals surface area contributed by atoms with Gasteiger partial charge in [-0.25, -0.2) is 0 Å². The highest BCUT2D eigenvalue weighted by Gasteiger charge is 2.52. The summed E-state index contributed by atoms with van der Waals surface area (Å²) >= 11 is 0. The van der Waals surface area contributed by atoms with Gasteiger partial charge in [-0.15, -0.1) is 0 Å². The summed E-state index contributed by atoms with van der Waals surface area (Å²) in [7, 11) is -3.65. The Labute approximate surface area is 126 Å². The second-order valence-corrected chi connectivity index (χ2v) is 8.62. The Hall–Kier alpha value is -0.660. The molecule has 0 amide bonds. The van der Waals surface area contributed by atoms with Gasteiger partial charge in [0.25, 0.3) is 10.2 Å². The SMILES string of the molecule is CC1CCN(S(=O)(=O)N2C(C(=O)O)CC3CCCCC32)C1. The molecule has 120 valence electrons. The number of fused-ring (bicyclic) bond motifs is 1. The van der Waals surface area contributed by atoms with Crippen molar-refractivity contribution >= 4 is 16.2 Å². The molecule has 1 aliphatic carbocycles.